The van der Waals surface area contributed by atoms with E-state index in [4.69, 9.17) is 0 Å². The van der Waals surface area contributed by atoms with E-state index in [0.717, 1.165) is 0 Å². The van der Waals surface area contributed by atoms with Gasteiger partial charge in [0.15, 0.2) is 0 Å². The molecule has 0 bridgehead atoms. The maximum absolute atomic E-state index is 9.45. The van der Waals surface area contributed by atoms with Crippen LogP contribution in [0.3, 0.4) is 0 Å². The first-order valence-electron chi connectivity index (χ1n) is 8.18. The Bertz CT molecular complexity index is 296. The Balaban J connectivity index is 0. The fraction of sp³-hybridized carbons (Fsp3) is 1.00. The molecule has 0 aromatic heterocycles. The zero-order chi connectivity index (χ0) is 16.8. The van der Waals surface area contributed by atoms with Crippen LogP contribution in [0, 0.1) is 0 Å². The quantitative estimate of drug-likeness (QED) is 0.332. The highest BCUT2D eigenvalue weighted by Gasteiger charge is 2.18. The number of hydrogen-bond donors (Lipinski definition) is 0. The van der Waals surface area contributed by atoms with Gasteiger partial charge in [-0.1, -0.05) is 40.0 Å². The highest BCUT2D eigenvalue weighted by molar-refractivity contribution is 7.80. The largest absolute Gasteiger partial charge is 0.726 e. The first-order chi connectivity index (χ1) is 9.74. The van der Waals surface area contributed by atoms with Crippen molar-refractivity contribution in [3.8, 4) is 0 Å². The molecule has 0 N–H and O–H groups in total. The zero-order valence-electron chi connectivity index (χ0n) is 14.6. The van der Waals surface area contributed by atoms with Gasteiger partial charge in [-0.05, 0) is 26.2 Å². The van der Waals surface area contributed by atoms with E-state index in [1.54, 1.807) is 0 Å². The van der Waals surface area contributed by atoms with Crippen LogP contribution in [0.4, 0.5) is 0 Å². The normalized spacial score (nSPS) is 11.9. The molecule has 0 atom stereocenters. The molecule has 0 saturated heterocycles. The van der Waals surface area contributed by atoms with Crippen molar-refractivity contribution in [2.45, 2.75) is 66.2 Å². The third kappa shape index (κ3) is 17.8. The lowest BCUT2D eigenvalue weighted by atomic mass is 10.2. The maximum Gasteiger partial charge on any atom is 0.217 e. The summed E-state index contributed by atoms with van der Waals surface area (Å²) in [7, 11) is -1.98. The van der Waals surface area contributed by atoms with E-state index in [9.17, 15) is 13.0 Å². The summed E-state index contributed by atoms with van der Waals surface area (Å²) in [4.78, 5) is 0. The van der Waals surface area contributed by atoms with Crippen LogP contribution in [-0.2, 0) is 14.6 Å². The summed E-state index contributed by atoms with van der Waals surface area (Å²) in [5.41, 5.74) is 0. The number of rotatable bonds is 11. The Hall–Kier alpha value is -0.170. The molecular formula is C15H35NO4S. The minimum Gasteiger partial charge on any atom is -0.726 e. The summed E-state index contributed by atoms with van der Waals surface area (Å²) in [6.07, 6.45) is 8.20. The van der Waals surface area contributed by atoms with Crippen molar-refractivity contribution in [1.82, 2.24) is 0 Å². The van der Waals surface area contributed by atoms with Crippen LogP contribution in [-0.4, -0.2) is 50.7 Å². The molecule has 5 nitrogen and oxygen atoms in total. The summed E-state index contributed by atoms with van der Waals surface area (Å²) in [5, 5.41) is 0. The lowest BCUT2D eigenvalue weighted by molar-refractivity contribution is -0.910. The molecule has 0 aliphatic rings. The second-order valence-electron chi connectivity index (χ2n) is 5.67. The smallest absolute Gasteiger partial charge is 0.217 e. The van der Waals surface area contributed by atoms with Crippen LogP contribution in [0.5, 0.6) is 0 Å². The van der Waals surface area contributed by atoms with Gasteiger partial charge in [0.05, 0.1) is 33.3 Å². The Morgan fingerprint density at radius 1 is 0.857 bits per heavy atom. The van der Waals surface area contributed by atoms with Crippen molar-refractivity contribution < 1.29 is 21.6 Å². The van der Waals surface area contributed by atoms with Gasteiger partial charge < -0.3 is 9.04 Å². The van der Waals surface area contributed by atoms with E-state index in [0.29, 0.717) is 0 Å². The second-order valence-corrected chi connectivity index (χ2v) is 6.72. The molecule has 0 fully saturated rings. The summed E-state index contributed by atoms with van der Waals surface area (Å²) in [5.74, 6) is 0. The number of nitrogens with zero attached hydrogens (tertiary/aromatic N) is 1. The Labute approximate surface area is 132 Å². The molecule has 130 valence electrons. The van der Waals surface area contributed by atoms with Gasteiger partial charge in [-0.15, -0.1) is 0 Å². The van der Waals surface area contributed by atoms with Gasteiger partial charge >= 0.3 is 0 Å². The summed E-state index contributed by atoms with van der Waals surface area (Å²) >= 11 is 0. The van der Waals surface area contributed by atoms with Gasteiger partial charge in [0.25, 0.3) is 0 Å². The maximum atomic E-state index is 9.45. The van der Waals surface area contributed by atoms with E-state index >= 15 is 0 Å². The Morgan fingerprint density at radius 2 is 1.19 bits per heavy atom. The first-order valence-corrected chi connectivity index (χ1v) is 9.51. The molecule has 0 unspecified atom stereocenters. The van der Waals surface area contributed by atoms with Crippen LogP contribution < -0.4 is 0 Å². The molecule has 0 heterocycles. The fourth-order valence-corrected chi connectivity index (χ4v) is 2.39. The molecule has 0 saturated carbocycles. The van der Waals surface area contributed by atoms with E-state index in [1.807, 2.05) is 0 Å². The SMILES string of the molecule is CCCC[N+](C)(CCCC)CCCC.CCOS(=O)(=O)[O-]. The molecule has 0 aliphatic heterocycles. The van der Waals surface area contributed by atoms with Crippen LogP contribution in [0.1, 0.15) is 66.2 Å². The van der Waals surface area contributed by atoms with Gasteiger partial charge in [-0.3, -0.25) is 4.18 Å². The lowest BCUT2D eigenvalue weighted by Gasteiger charge is -2.34. The van der Waals surface area contributed by atoms with Gasteiger partial charge in [-0.2, -0.15) is 0 Å². The molecular weight excluding hydrogens is 290 g/mol. The Kier molecular flexibility index (Phi) is 14.8. The highest BCUT2D eigenvalue weighted by Crippen LogP contribution is 2.10. The van der Waals surface area contributed by atoms with Crippen LogP contribution in [0.25, 0.3) is 0 Å². The van der Waals surface area contributed by atoms with E-state index in [-0.39, 0.29) is 6.61 Å². The predicted molar refractivity (Wildman–Crippen MR) is 86.8 cm³/mol. The van der Waals surface area contributed by atoms with Crippen LogP contribution in [0.2, 0.25) is 0 Å². The first kappa shape index (κ1) is 23.1. The molecule has 6 heteroatoms. The van der Waals surface area contributed by atoms with E-state index < -0.39 is 10.4 Å². The van der Waals surface area contributed by atoms with Gasteiger partial charge in [-0.25, -0.2) is 8.42 Å². The van der Waals surface area contributed by atoms with Gasteiger partial charge in [0.1, 0.15) is 0 Å². The van der Waals surface area contributed by atoms with Crippen molar-refractivity contribution in [1.29, 1.82) is 0 Å². The second kappa shape index (κ2) is 13.5. The van der Waals surface area contributed by atoms with Crippen LogP contribution >= 0.6 is 0 Å². The summed E-state index contributed by atoms with van der Waals surface area (Å²) in [6.45, 7) is 12.4. The Morgan fingerprint density at radius 3 is 1.33 bits per heavy atom. The fourth-order valence-electron chi connectivity index (χ4n) is 2.10. The highest BCUT2D eigenvalue weighted by atomic mass is 32.3. The van der Waals surface area contributed by atoms with Crippen molar-refractivity contribution in [2.24, 2.45) is 0 Å². The zero-order valence-corrected chi connectivity index (χ0v) is 15.4. The average Bonchev–Trinajstić information content (AvgIpc) is 2.40. The molecule has 0 aromatic carbocycles. The number of unbranched alkanes of at least 4 members (excludes halogenated alkanes) is 3. The van der Waals surface area contributed by atoms with Crippen molar-refractivity contribution in [3.63, 3.8) is 0 Å². The monoisotopic (exact) mass is 325 g/mol. The summed E-state index contributed by atoms with van der Waals surface area (Å²) in [6, 6.07) is 0. The summed E-state index contributed by atoms with van der Waals surface area (Å²) < 4.78 is 33.3. The number of hydrogen-bond acceptors (Lipinski definition) is 4. The molecule has 0 spiro atoms. The van der Waals surface area contributed by atoms with Crippen molar-refractivity contribution in [3.05, 3.63) is 0 Å². The molecule has 0 aromatic rings. The molecule has 0 aliphatic carbocycles. The van der Waals surface area contributed by atoms with E-state index in [2.05, 4.69) is 32.0 Å². The molecule has 0 radical (unpaired) electrons. The number of quaternary nitrogens is 1. The third-order valence-corrected chi connectivity index (χ3v) is 3.94. The van der Waals surface area contributed by atoms with Gasteiger partial charge in [0.2, 0.25) is 10.4 Å². The molecule has 0 rings (SSSR count). The van der Waals surface area contributed by atoms with Crippen LogP contribution in [0.15, 0.2) is 0 Å². The molecule has 0 amide bonds. The lowest BCUT2D eigenvalue weighted by Crippen LogP contribution is -2.46. The minimum atomic E-state index is -4.42. The predicted octanol–water partition coefficient (Wildman–Crippen LogP) is 3.32. The molecule has 21 heavy (non-hydrogen) atoms. The standard InChI is InChI=1S/C13H30N.C2H6O4S/c1-5-8-11-14(4,12-9-6-2)13-10-7-3;1-2-6-7(3,4)5/h5-13H2,1-4H3;2H2,1H3,(H,3,4,5)/q+1;/p-1. The van der Waals surface area contributed by atoms with Gasteiger partial charge in [0, 0.05) is 0 Å². The van der Waals surface area contributed by atoms with E-state index in [1.165, 1.54) is 69.6 Å². The topological polar surface area (TPSA) is 66.4 Å². The van der Waals surface area contributed by atoms with Crippen molar-refractivity contribution >= 4 is 10.4 Å². The average molecular weight is 326 g/mol. The van der Waals surface area contributed by atoms with Crippen molar-refractivity contribution in [2.75, 3.05) is 33.3 Å². The third-order valence-electron chi connectivity index (χ3n) is 3.42. The minimum absolute atomic E-state index is 0.0914.